The molecule has 0 bridgehead atoms. The molecule has 29 heavy (non-hydrogen) atoms. The first-order valence-electron chi connectivity index (χ1n) is 9.83. The van der Waals surface area contributed by atoms with E-state index in [2.05, 4.69) is 22.1 Å². The van der Waals surface area contributed by atoms with Crippen molar-refractivity contribution < 1.29 is 4.79 Å². The Morgan fingerprint density at radius 1 is 0.897 bits per heavy atom. The molecule has 2 aromatic carbocycles. The second-order valence-electron chi connectivity index (χ2n) is 7.31. The molecule has 148 valence electrons. The van der Waals surface area contributed by atoms with E-state index in [1.807, 2.05) is 54.3 Å². The third-order valence-corrected chi connectivity index (χ3v) is 5.23. The van der Waals surface area contributed by atoms with Crippen LogP contribution in [0.2, 0.25) is 0 Å². The fourth-order valence-electron chi connectivity index (χ4n) is 3.51. The number of amides is 1. The Labute approximate surface area is 170 Å². The van der Waals surface area contributed by atoms with Crippen molar-refractivity contribution in [3.8, 4) is 0 Å². The van der Waals surface area contributed by atoms with Crippen molar-refractivity contribution in [1.82, 2.24) is 14.7 Å². The molecule has 0 saturated carbocycles. The molecule has 6 nitrogen and oxygen atoms in total. The summed E-state index contributed by atoms with van der Waals surface area (Å²) in [5.74, 6) is -0.129. The first-order valence-corrected chi connectivity index (χ1v) is 9.83. The minimum absolute atomic E-state index is 0.129. The number of aryl methyl sites for hydroxylation is 1. The number of piperazine rings is 1. The van der Waals surface area contributed by atoms with Crippen LogP contribution >= 0.6 is 0 Å². The van der Waals surface area contributed by atoms with Crippen LogP contribution in [0.4, 0.5) is 5.69 Å². The second kappa shape index (κ2) is 8.31. The highest BCUT2D eigenvalue weighted by Crippen LogP contribution is 2.16. The van der Waals surface area contributed by atoms with E-state index in [1.165, 1.54) is 22.5 Å². The van der Waals surface area contributed by atoms with Crippen molar-refractivity contribution in [1.29, 1.82) is 0 Å². The van der Waals surface area contributed by atoms with Crippen molar-refractivity contribution in [3.05, 3.63) is 93.9 Å². The van der Waals surface area contributed by atoms with Gasteiger partial charge in [0.1, 0.15) is 5.69 Å². The summed E-state index contributed by atoms with van der Waals surface area (Å²) in [5, 5.41) is 4.34. The highest BCUT2D eigenvalue weighted by atomic mass is 16.2. The number of carbonyl (C=O) groups is 1. The maximum Gasteiger partial charge on any atom is 0.274 e. The number of anilines is 1. The fraction of sp³-hybridized carbons (Fsp3) is 0.261. The quantitative estimate of drug-likeness (QED) is 0.689. The van der Waals surface area contributed by atoms with Crippen LogP contribution in [0.5, 0.6) is 0 Å². The number of carbonyl (C=O) groups excluding carboxylic acids is 1. The summed E-state index contributed by atoms with van der Waals surface area (Å²) in [5.41, 5.74) is 3.41. The van der Waals surface area contributed by atoms with Gasteiger partial charge < -0.3 is 9.80 Å². The predicted octanol–water partition coefficient (Wildman–Crippen LogP) is 2.56. The van der Waals surface area contributed by atoms with Crippen LogP contribution in [-0.2, 0) is 6.54 Å². The molecule has 0 unspecified atom stereocenters. The van der Waals surface area contributed by atoms with E-state index in [0.29, 0.717) is 25.3 Å². The average molecular weight is 388 g/mol. The molecule has 1 fully saturated rings. The smallest absolute Gasteiger partial charge is 0.274 e. The third-order valence-electron chi connectivity index (χ3n) is 5.23. The van der Waals surface area contributed by atoms with Gasteiger partial charge in [-0.3, -0.25) is 9.59 Å². The lowest BCUT2D eigenvalue weighted by Crippen LogP contribution is -2.49. The van der Waals surface area contributed by atoms with Crippen molar-refractivity contribution >= 4 is 11.6 Å². The minimum atomic E-state index is -0.212. The molecule has 0 N–H and O–H groups in total. The Bertz CT molecular complexity index is 1040. The Morgan fingerprint density at radius 2 is 1.59 bits per heavy atom. The summed E-state index contributed by atoms with van der Waals surface area (Å²) >= 11 is 0. The highest BCUT2D eigenvalue weighted by Gasteiger charge is 2.23. The van der Waals surface area contributed by atoms with E-state index in [9.17, 15) is 9.59 Å². The topological polar surface area (TPSA) is 58.4 Å². The normalized spacial score (nSPS) is 14.1. The zero-order valence-electron chi connectivity index (χ0n) is 16.5. The fourth-order valence-corrected chi connectivity index (χ4v) is 3.51. The number of rotatable bonds is 4. The van der Waals surface area contributed by atoms with Gasteiger partial charge in [-0.25, -0.2) is 4.68 Å². The molecule has 0 radical (unpaired) electrons. The van der Waals surface area contributed by atoms with Gasteiger partial charge in [0, 0.05) is 37.9 Å². The predicted molar refractivity (Wildman–Crippen MR) is 113 cm³/mol. The number of para-hydroxylation sites is 1. The molecular formula is C23H24N4O2. The van der Waals surface area contributed by atoms with Gasteiger partial charge in [0.05, 0.1) is 6.54 Å². The van der Waals surface area contributed by atoms with E-state index < -0.39 is 0 Å². The summed E-state index contributed by atoms with van der Waals surface area (Å²) in [4.78, 5) is 29.2. The Hall–Kier alpha value is -3.41. The van der Waals surface area contributed by atoms with E-state index in [-0.39, 0.29) is 11.5 Å². The van der Waals surface area contributed by atoms with Gasteiger partial charge in [0.15, 0.2) is 0 Å². The Balaban J connectivity index is 1.45. The number of aromatic nitrogens is 2. The average Bonchev–Trinajstić information content (AvgIpc) is 2.77. The number of nitrogens with zero attached hydrogens (tertiary/aromatic N) is 4. The molecule has 1 aliphatic rings. The highest BCUT2D eigenvalue weighted by molar-refractivity contribution is 5.92. The molecule has 0 spiro atoms. The number of benzene rings is 2. The van der Waals surface area contributed by atoms with Crippen molar-refractivity contribution in [2.75, 3.05) is 31.1 Å². The van der Waals surface area contributed by atoms with Gasteiger partial charge in [-0.15, -0.1) is 0 Å². The van der Waals surface area contributed by atoms with Crippen LogP contribution < -0.4 is 10.5 Å². The largest absolute Gasteiger partial charge is 0.368 e. The first kappa shape index (κ1) is 18.9. The second-order valence-corrected chi connectivity index (χ2v) is 7.31. The first-order chi connectivity index (χ1) is 14.1. The van der Waals surface area contributed by atoms with E-state index in [4.69, 9.17) is 0 Å². The SMILES string of the molecule is Cc1ccc(Cn2nc(C(=O)N3CCN(c4ccccc4)CC3)ccc2=O)cc1. The van der Waals surface area contributed by atoms with Crippen LogP contribution in [0, 0.1) is 6.92 Å². The van der Waals surface area contributed by atoms with Crippen molar-refractivity contribution in [2.24, 2.45) is 0 Å². The van der Waals surface area contributed by atoms with Gasteiger partial charge in [-0.05, 0) is 30.7 Å². The summed E-state index contributed by atoms with van der Waals surface area (Å²) < 4.78 is 1.36. The molecule has 0 aliphatic carbocycles. The van der Waals surface area contributed by atoms with Crippen LogP contribution in [0.25, 0.3) is 0 Å². The van der Waals surface area contributed by atoms with Crippen molar-refractivity contribution in [2.45, 2.75) is 13.5 Å². The zero-order valence-corrected chi connectivity index (χ0v) is 16.5. The van der Waals surface area contributed by atoms with E-state index >= 15 is 0 Å². The summed E-state index contributed by atoms with van der Waals surface area (Å²) in [7, 11) is 0. The lowest BCUT2D eigenvalue weighted by atomic mass is 10.1. The molecule has 1 aliphatic heterocycles. The molecule has 1 amide bonds. The summed E-state index contributed by atoms with van der Waals surface area (Å²) in [6.07, 6.45) is 0. The van der Waals surface area contributed by atoms with Gasteiger partial charge in [0.25, 0.3) is 11.5 Å². The molecular weight excluding hydrogens is 364 g/mol. The minimum Gasteiger partial charge on any atom is -0.368 e. The van der Waals surface area contributed by atoms with E-state index in [1.54, 1.807) is 0 Å². The van der Waals surface area contributed by atoms with Gasteiger partial charge in [-0.2, -0.15) is 5.10 Å². The maximum atomic E-state index is 12.9. The molecule has 0 atom stereocenters. The number of hydrogen-bond donors (Lipinski definition) is 0. The summed E-state index contributed by atoms with van der Waals surface area (Å²) in [6, 6.07) is 21.1. The van der Waals surface area contributed by atoms with Gasteiger partial charge >= 0.3 is 0 Å². The van der Waals surface area contributed by atoms with E-state index in [0.717, 1.165) is 24.2 Å². The molecule has 1 aromatic heterocycles. The Morgan fingerprint density at radius 3 is 2.28 bits per heavy atom. The van der Waals surface area contributed by atoms with Gasteiger partial charge in [-0.1, -0.05) is 48.0 Å². The maximum absolute atomic E-state index is 12.9. The van der Waals surface area contributed by atoms with Gasteiger partial charge in [0.2, 0.25) is 0 Å². The standard InChI is InChI=1S/C23H24N4O2/c1-18-7-9-19(10-8-18)17-27-22(28)12-11-21(24-27)23(29)26-15-13-25(14-16-26)20-5-3-2-4-6-20/h2-12H,13-17H2,1H3. The lowest BCUT2D eigenvalue weighted by Gasteiger charge is -2.36. The third kappa shape index (κ3) is 4.37. The van der Waals surface area contributed by atoms with Crippen LogP contribution in [0.1, 0.15) is 21.6 Å². The number of hydrogen-bond acceptors (Lipinski definition) is 4. The summed E-state index contributed by atoms with van der Waals surface area (Å²) in [6.45, 7) is 5.18. The lowest BCUT2D eigenvalue weighted by molar-refractivity contribution is 0.0738. The van der Waals surface area contributed by atoms with Crippen molar-refractivity contribution in [3.63, 3.8) is 0 Å². The molecule has 3 aromatic rings. The van der Waals surface area contributed by atoms with Crippen LogP contribution in [-0.4, -0.2) is 46.8 Å². The Kier molecular flexibility index (Phi) is 5.42. The molecule has 4 rings (SSSR count). The zero-order chi connectivity index (χ0) is 20.2. The monoisotopic (exact) mass is 388 g/mol. The molecule has 1 saturated heterocycles. The van der Waals surface area contributed by atoms with Crippen LogP contribution in [0.3, 0.4) is 0 Å². The van der Waals surface area contributed by atoms with Crippen LogP contribution in [0.15, 0.2) is 71.5 Å². The molecule has 6 heteroatoms. The molecule has 2 heterocycles.